The summed E-state index contributed by atoms with van der Waals surface area (Å²) < 4.78 is 32.3. The predicted molar refractivity (Wildman–Crippen MR) is 72.4 cm³/mol. The van der Waals surface area contributed by atoms with E-state index in [0.29, 0.717) is 18.7 Å². The number of nitrogens with one attached hydrogen (secondary N) is 1. The molecular formula is C12H19NO4S. The molecule has 0 unspecified atom stereocenters. The van der Waals surface area contributed by atoms with Crippen LogP contribution in [0.2, 0.25) is 0 Å². The number of hydrogen-bond acceptors (Lipinski definition) is 5. The first kappa shape index (κ1) is 14.6. The second-order valence-electron chi connectivity index (χ2n) is 3.98. The molecule has 0 amide bonds. The first-order valence-electron chi connectivity index (χ1n) is 5.60. The molecule has 1 aromatic carbocycles. The summed E-state index contributed by atoms with van der Waals surface area (Å²) in [6, 6.07) is 5.43. The summed E-state index contributed by atoms with van der Waals surface area (Å²) in [6.07, 6.45) is 1.79. The fourth-order valence-electron chi connectivity index (χ4n) is 1.51. The summed E-state index contributed by atoms with van der Waals surface area (Å²) in [5, 5.41) is 3.14. The van der Waals surface area contributed by atoms with E-state index >= 15 is 0 Å². The van der Waals surface area contributed by atoms with Crippen LogP contribution < -0.4 is 14.8 Å². The third kappa shape index (κ3) is 4.83. The van der Waals surface area contributed by atoms with E-state index in [1.165, 1.54) is 6.26 Å². The highest BCUT2D eigenvalue weighted by Gasteiger charge is 2.05. The molecule has 0 aliphatic heterocycles. The normalized spacial score (nSPS) is 11.1. The standard InChI is InChI=1S/C12H19NO4S/c1-16-10-5-6-12(17-2)11(9-10)13-7-4-8-18(3,14)15/h5-6,9,13H,4,7-8H2,1-3H3. The maximum Gasteiger partial charge on any atom is 0.147 e. The van der Waals surface area contributed by atoms with Crippen LogP contribution in [-0.2, 0) is 9.84 Å². The zero-order chi connectivity index (χ0) is 13.6. The van der Waals surface area contributed by atoms with Gasteiger partial charge in [0.05, 0.1) is 25.7 Å². The van der Waals surface area contributed by atoms with Gasteiger partial charge in [0, 0.05) is 18.9 Å². The average molecular weight is 273 g/mol. The Balaban J connectivity index is 2.60. The molecule has 6 heteroatoms. The zero-order valence-corrected chi connectivity index (χ0v) is 11.7. The third-order valence-corrected chi connectivity index (χ3v) is 3.44. The van der Waals surface area contributed by atoms with Gasteiger partial charge in [-0.1, -0.05) is 0 Å². The summed E-state index contributed by atoms with van der Waals surface area (Å²) in [4.78, 5) is 0. The van der Waals surface area contributed by atoms with Crippen molar-refractivity contribution >= 4 is 15.5 Å². The van der Waals surface area contributed by atoms with Gasteiger partial charge in [0.1, 0.15) is 21.3 Å². The monoisotopic (exact) mass is 273 g/mol. The SMILES string of the molecule is COc1ccc(OC)c(NCCCS(C)(=O)=O)c1. The highest BCUT2D eigenvalue weighted by Crippen LogP contribution is 2.28. The predicted octanol–water partition coefficient (Wildman–Crippen LogP) is 1.55. The van der Waals surface area contributed by atoms with Gasteiger partial charge in [0.2, 0.25) is 0 Å². The van der Waals surface area contributed by atoms with Crippen LogP contribution >= 0.6 is 0 Å². The molecule has 0 saturated heterocycles. The van der Waals surface area contributed by atoms with Crippen molar-refractivity contribution in [2.24, 2.45) is 0 Å². The second-order valence-corrected chi connectivity index (χ2v) is 6.24. The van der Waals surface area contributed by atoms with E-state index in [1.807, 2.05) is 6.07 Å². The number of benzene rings is 1. The quantitative estimate of drug-likeness (QED) is 0.764. The highest BCUT2D eigenvalue weighted by atomic mass is 32.2. The molecule has 0 aromatic heterocycles. The number of hydrogen-bond donors (Lipinski definition) is 1. The molecule has 0 bridgehead atoms. The van der Waals surface area contributed by atoms with E-state index in [-0.39, 0.29) is 5.75 Å². The summed E-state index contributed by atoms with van der Waals surface area (Å²) in [5.41, 5.74) is 0.797. The minimum Gasteiger partial charge on any atom is -0.497 e. The lowest BCUT2D eigenvalue weighted by atomic mass is 10.2. The van der Waals surface area contributed by atoms with Crippen molar-refractivity contribution in [1.82, 2.24) is 0 Å². The molecule has 0 heterocycles. The maximum atomic E-state index is 11.0. The summed E-state index contributed by atoms with van der Waals surface area (Å²) in [7, 11) is 0.276. The molecule has 0 saturated carbocycles. The minimum atomic E-state index is -2.90. The lowest BCUT2D eigenvalue weighted by Gasteiger charge is -2.12. The Hall–Kier alpha value is -1.43. The lowest BCUT2D eigenvalue weighted by Crippen LogP contribution is -2.10. The van der Waals surface area contributed by atoms with Crippen molar-refractivity contribution in [3.05, 3.63) is 18.2 Å². The van der Waals surface area contributed by atoms with Crippen molar-refractivity contribution in [3.8, 4) is 11.5 Å². The molecule has 1 rings (SSSR count). The summed E-state index contributed by atoms with van der Waals surface area (Å²) in [6.45, 7) is 0.566. The van der Waals surface area contributed by atoms with Crippen molar-refractivity contribution in [2.45, 2.75) is 6.42 Å². The van der Waals surface area contributed by atoms with Gasteiger partial charge < -0.3 is 14.8 Å². The van der Waals surface area contributed by atoms with Crippen LogP contribution in [0.25, 0.3) is 0 Å². The number of rotatable bonds is 7. The molecule has 102 valence electrons. The Morgan fingerprint density at radius 2 is 1.94 bits per heavy atom. The third-order valence-electron chi connectivity index (χ3n) is 2.41. The molecule has 0 fully saturated rings. The number of sulfone groups is 1. The summed E-state index contributed by atoms with van der Waals surface area (Å²) >= 11 is 0. The first-order valence-corrected chi connectivity index (χ1v) is 7.66. The van der Waals surface area contributed by atoms with Gasteiger partial charge in [-0.3, -0.25) is 0 Å². The average Bonchev–Trinajstić information content (AvgIpc) is 2.33. The maximum absolute atomic E-state index is 11.0. The molecule has 5 nitrogen and oxygen atoms in total. The van der Waals surface area contributed by atoms with Crippen LogP contribution in [-0.4, -0.2) is 41.2 Å². The number of methoxy groups -OCH3 is 2. The van der Waals surface area contributed by atoms with Gasteiger partial charge in [-0.05, 0) is 18.6 Å². The van der Waals surface area contributed by atoms with Crippen LogP contribution in [0.15, 0.2) is 18.2 Å². The zero-order valence-electron chi connectivity index (χ0n) is 10.9. The highest BCUT2D eigenvalue weighted by molar-refractivity contribution is 7.90. The molecule has 0 radical (unpaired) electrons. The Labute approximate surface area is 108 Å². The van der Waals surface area contributed by atoms with E-state index in [2.05, 4.69) is 5.32 Å². The molecule has 0 aliphatic carbocycles. The largest absolute Gasteiger partial charge is 0.497 e. The van der Waals surface area contributed by atoms with Crippen LogP contribution in [0, 0.1) is 0 Å². The molecule has 0 spiro atoms. The van der Waals surface area contributed by atoms with Crippen molar-refractivity contribution in [2.75, 3.05) is 38.1 Å². The fraction of sp³-hybridized carbons (Fsp3) is 0.500. The molecule has 18 heavy (non-hydrogen) atoms. The Kier molecular flexibility index (Phi) is 5.27. The molecular weight excluding hydrogens is 254 g/mol. The minimum absolute atomic E-state index is 0.173. The van der Waals surface area contributed by atoms with E-state index in [1.54, 1.807) is 26.4 Å². The van der Waals surface area contributed by atoms with Crippen molar-refractivity contribution in [1.29, 1.82) is 0 Å². The van der Waals surface area contributed by atoms with Crippen LogP contribution in [0.4, 0.5) is 5.69 Å². The van der Waals surface area contributed by atoms with Gasteiger partial charge in [-0.2, -0.15) is 0 Å². The van der Waals surface area contributed by atoms with E-state index in [4.69, 9.17) is 9.47 Å². The van der Waals surface area contributed by atoms with Crippen LogP contribution in [0.3, 0.4) is 0 Å². The van der Waals surface area contributed by atoms with Gasteiger partial charge in [0.15, 0.2) is 0 Å². The molecule has 1 N–H and O–H groups in total. The van der Waals surface area contributed by atoms with E-state index in [9.17, 15) is 8.42 Å². The Morgan fingerprint density at radius 3 is 2.50 bits per heavy atom. The molecule has 0 atom stereocenters. The first-order chi connectivity index (χ1) is 8.46. The fourth-order valence-corrected chi connectivity index (χ4v) is 2.18. The van der Waals surface area contributed by atoms with E-state index < -0.39 is 9.84 Å². The van der Waals surface area contributed by atoms with Gasteiger partial charge in [-0.15, -0.1) is 0 Å². The topological polar surface area (TPSA) is 64.6 Å². The summed E-state index contributed by atoms with van der Waals surface area (Å²) in [5.74, 6) is 1.60. The van der Waals surface area contributed by atoms with Gasteiger partial charge in [0.25, 0.3) is 0 Å². The van der Waals surface area contributed by atoms with Crippen molar-refractivity contribution < 1.29 is 17.9 Å². The van der Waals surface area contributed by atoms with Crippen molar-refractivity contribution in [3.63, 3.8) is 0 Å². The molecule has 1 aromatic rings. The van der Waals surface area contributed by atoms with E-state index in [0.717, 1.165) is 11.4 Å². The van der Waals surface area contributed by atoms with Crippen LogP contribution in [0.5, 0.6) is 11.5 Å². The van der Waals surface area contributed by atoms with Crippen LogP contribution in [0.1, 0.15) is 6.42 Å². The smallest absolute Gasteiger partial charge is 0.147 e. The number of ether oxygens (including phenoxy) is 2. The Morgan fingerprint density at radius 1 is 1.22 bits per heavy atom. The molecule has 0 aliphatic rings. The lowest BCUT2D eigenvalue weighted by molar-refractivity contribution is 0.404. The second kappa shape index (κ2) is 6.49. The number of anilines is 1. The Bertz CT molecular complexity index is 485. The van der Waals surface area contributed by atoms with Gasteiger partial charge >= 0.3 is 0 Å². The van der Waals surface area contributed by atoms with Gasteiger partial charge in [-0.25, -0.2) is 8.42 Å².